The number of hydrogen-bond acceptors (Lipinski definition) is 4. The van der Waals surface area contributed by atoms with E-state index in [-0.39, 0.29) is 11.6 Å². The summed E-state index contributed by atoms with van der Waals surface area (Å²) in [6, 6.07) is 6.67. The Morgan fingerprint density at radius 2 is 2.10 bits per heavy atom. The lowest BCUT2D eigenvalue weighted by Crippen LogP contribution is -2.33. The third-order valence-electron chi connectivity index (χ3n) is 2.68. The van der Waals surface area contributed by atoms with Crippen molar-refractivity contribution in [2.45, 2.75) is 26.8 Å². The zero-order valence-corrected chi connectivity index (χ0v) is 11.7. The van der Waals surface area contributed by atoms with Crippen LogP contribution in [0.3, 0.4) is 0 Å². The van der Waals surface area contributed by atoms with Gasteiger partial charge in [-0.25, -0.2) is 4.79 Å². The summed E-state index contributed by atoms with van der Waals surface area (Å²) in [5, 5.41) is 3.35. The van der Waals surface area contributed by atoms with Crippen molar-refractivity contribution in [2.75, 3.05) is 6.61 Å². The molecule has 0 aliphatic rings. The maximum atomic E-state index is 11.9. The highest BCUT2D eigenvalue weighted by Crippen LogP contribution is 2.20. The number of hydrogen-bond donors (Lipinski definition) is 1. The minimum absolute atomic E-state index is 0.00959. The number of benzene rings is 1. The van der Waals surface area contributed by atoms with Gasteiger partial charge in [0, 0.05) is 17.5 Å². The first-order chi connectivity index (χ1) is 9.51. The Labute approximate surface area is 116 Å². The van der Waals surface area contributed by atoms with Crippen molar-refractivity contribution >= 4 is 16.9 Å². The Bertz CT molecular complexity index is 688. The number of rotatable bonds is 4. The Hall–Kier alpha value is -2.30. The molecule has 5 heteroatoms. The smallest absolute Gasteiger partial charge is 0.349 e. The summed E-state index contributed by atoms with van der Waals surface area (Å²) in [6.07, 6.45) is 0. The third kappa shape index (κ3) is 2.99. The highest BCUT2D eigenvalue weighted by Gasteiger charge is 2.14. The molecule has 5 nitrogen and oxygen atoms in total. The summed E-state index contributed by atoms with van der Waals surface area (Å²) in [5.41, 5.74) is -0.235. The van der Waals surface area contributed by atoms with Gasteiger partial charge in [-0.05, 0) is 39.0 Å². The summed E-state index contributed by atoms with van der Waals surface area (Å²) in [4.78, 5) is 23.8. The molecular weight excluding hydrogens is 258 g/mol. The molecule has 106 valence electrons. The first-order valence-corrected chi connectivity index (χ1v) is 6.53. The number of ether oxygens (including phenoxy) is 1. The van der Waals surface area contributed by atoms with E-state index in [9.17, 15) is 9.59 Å². The molecule has 0 aliphatic carbocycles. The van der Waals surface area contributed by atoms with E-state index < -0.39 is 11.5 Å². The SMILES string of the molecule is CCOc1ccc2cc(C(=O)NC(C)C)c(=O)oc2c1. The Kier molecular flexibility index (Phi) is 4.08. The maximum Gasteiger partial charge on any atom is 0.349 e. The molecule has 1 aromatic carbocycles. The highest BCUT2D eigenvalue weighted by atomic mass is 16.5. The fourth-order valence-electron chi connectivity index (χ4n) is 1.85. The summed E-state index contributed by atoms with van der Waals surface area (Å²) in [6.45, 7) is 6.06. The van der Waals surface area contributed by atoms with Gasteiger partial charge in [0.25, 0.3) is 5.91 Å². The second kappa shape index (κ2) is 5.77. The quantitative estimate of drug-likeness (QED) is 0.869. The molecule has 0 bridgehead atoms. The number of carbonyl (C=O) groups excluding carboxylic acids is 1. The Morgan fingerprint density at radius 1 is 1.35 bits per heavy atom. The van der Waals surface area contributed by atoms with Crippen molar-refractivity contribution < 1.29 is 13.9 Å². The molecule has 1 amide bonds. The van der Waals surface area contributed by atoms with Crippen LogP contribution in [0.15, 0.2) is 33.5 Å². The molecule has 1 N–H and O–H groups in total. The van der Waals surface area contributed by atoms with Crippen molar-refractivity contribution in [3.63, 3.8) is 0 Å². The van der Waals surface area contributed by atoms with Crippen LogP contribution in [-0.2, 0) is 0 Å². The predicted octanol–water partition coefficient (Wildman–Crippen LogP) is 2.33. The van der Waals surface area contributed by atoms with Gasteiger partial charge in [0.1, 0.15) is 16.9 Å². The fraction of sp³-hybridized carbons (Fsp3) is 0.333. The van der Waals surface area contributed by atoms with Gasteiger partial charge in [0.2, 0.25) is 0 Å². The van der Waals surface area contributed by atoms with Gasteiger partial charge >= 0.3 is 5.63 Å². The fourth-order valence-corrected chi connectivity index (χ4v) is 1.85. The maximum absolute atomic E-state index is 11.9. The second-order valence-electron chi connectivity index (χ2n) is 4.71. The molecule has 1 aromatic heterocycles. The molecule has 1 heterocycles. The molecule has 2 aromatic rings. The number of fused-ring (bicyclic) bond motifs is 1. The molecule has 0 saturated carbocycles. The van der Waals surface area contributed by atoms with E-state index in [0.717, 1.165) is 0 Å². The van der Waals surface area contributed by atoms with Crippen LogP contribution in [0.4, 0.5) is 0 Å². The minimum atomic E-state index is -0.649. The summed E-state index contributed by atoms with van der Waals surface area (Å²) < 4.78 is 10.5. The standard InChI is InChI=1S/C15H17NO4/c1-4-19-11-6-5-10-7-12(14(17)16-9(2)3)15(18)20-13(10)8-11/h5-9H,4H2,1-3H3,(H,16,17). The molecule has 2 rings (SSSR count). The van der Waals surface area contributed by atoms with Crippen molar-refractivity contribution in [1.82, 2.24) is 5.32 Å². The van der Waals surface area contributed by atoms with Crippen LogP contribution in [0.5, 0.6) is 5.75 Å². The average Bonchev–Trinajstić information content (AvgIpc) is 2.37. The highest BCUT2D eigenvalue weighted by molar-refractivity contribution is 5.96. The van der Waals surface area contributed by atoms with Gasteiger partial charge in [-0.1, -0.05) is 0 Å². The molecule has 20 heavy (non-hydrogen) atoms. The zero-order chi connectivity index (χ0) is 14.7. The van der Waals surface area contributed by atoms with E-state index in [1.807, 2.05) is 20.8 Å². The topological polar surface area (TPSA) is 68.5 Å². The normalized spacial score (nSPS) is 10.8. The van der Waals surface area contributed by atoms with E-state index in [4.69, 9.17) is 9.15 Å². The van der Waals surface area contributed by atoms with Crippen LogP contribution in [-0.4, -0.2) is 18.6 Å². The average molecular weight is 275 g/mol. The van der Waals surface area contributed by atoms with E-state index in [1.54, 1.807) is 18.2 Å². The van der Waals surface area contributed by atoms with Crippen LogP contribution < -0.4 is 15.7 Å². The van der Waals surface area contributed by atoms with Gasteiger partial charge in [-0.3, -0.25) is 4.79 Å². The molecule has 0 fully saturated rings. The number of amides is 1. The summed E-state index contributed by atoms with van der Waals surface area (Å²) >= 11 is 0. The van der Waals surface area contributed by atoms with Gasteiger partial charge < -0.3 is 14.5 Å². The summed E-state index contributed by atoms with van der Waals surface area (Å²) in [7, 11) is 0. The Balaban J connectivity index is 2.45. The molecule has 0 spiro atoms. The molecule has 0 radical (unpaired) electrons. The Morgan fingerprint density at radius 3 is 2.75 bits per heavy atom. The largest absolute Gasteiger partial charge is 0.494 e. The second-order valence-corrected chi connectivity index (χ2v) is 4.71. The van der Waals surface area contributed by atoms with Crippen molar-refractivity contribution in [3.8, 4) is 5.75 Å². The van der Waals surface area contributed by atoms with E-state index in [2.05, 4.69) is 5.32 Å². The van der Waals surface area contributed by atoms with E-state index in [1.165, 1.54) is 6.07 Å². The van der Waals surface area contributed by atoms with Gasteiger partial charge in [0.05, 0.1) is 6.61 Å². The number of carbonyl (C=O) groups is 1. The molecule has 0 unspecified atom stereocenters. The van der Waals surface area contributed by atoms with Crippen molar-refractivity contribution in [1.29, 1.82) is 0 Å². The summed E-state index contributed by atoms with van der Waals surface area (Å²) in [5.74, 6) is 0.201. The van der Waals surface area contributed by atoms with Crippen LogP contribution in [0.1, 0.15) is 31.1 Å². The van der Waals surface area contributed by atoms with Crippen molar-refractivity contribution in [3.05, 3.63) is 40.2 Å². The van der Waals surface area contributed by atoms with Crippen LogP contribution in [0.2, 0.25) is 0 Å². The van der Waals surface area contributed by atoms with E-state index in [0.29, 0.717) is 23.3 Å². The molecule has 0 aliphatic heterocycles. The predicted molar refractivity (Wildman–Crippen MR) is 76.3 cm³/mol. The van der Waals surface area contributed by atoms with Gasteiger partial charge in [-0.2, -0.15) is 0 Å². The van der Waals surface area contributed by atoms with Crippen molar-refractivity contribution in [2.24, 2.45) is 0 Å². The lowest BCUT2D eigenvalue weighted by atomic mass is 10.1. The first kappa shape index (κ1) is 14.1. The zero-order valence-electron chi connectivity index (χ0n) is 11.7. The molecule has 0 atom stereocenters. The van der Waals surface area contributed by atoms with Crippen LogP contribution >= 0.6 is 0 Å². The molecule has 0 saturated heterocycles. The molecular formula is C15H17NO4. The lowest BCUT2D eigenvalue weighted by molar-refractivity contribution is 0.0939. The monoisotopic (exact) mass is 275 g/mol. The minimum Gasteiger partial charge on any atom is -0.494 e. The first-order valence-electron chi connectivity index (χ1n) is 6.53. The van der Waals surface area contributed by atoms with Gasteiger partial charge in [-0.15, -0.1) is 0 Å². The third-order valence-corrected chi connectivity index (χ3v) is 2.68. The lowest BCUT2D eigenvalue weighted by Gasteiger charge is -2.08. The van der Waals surface area contributed by atoms with Gasteiger partial charge in [0.15, 0.2) is 0 Å². The van der Waals surface area contributed by atoms with E-state index >= 15 is 0 Å². The van der Waals surface area contributed by atoms with Crippen LogP contribution in [0.25, 0.3) is 11.0 Å². The van der Waals surface area contributed by atoms with Crippen LogP contribution in [0, 0.1) is 0 Å². The number of nitrogens with one attached hydrogen (secondary N) is 1.